The quantitative estimate of drug-likeness (QED) is 0.412. The van der Waals surface area contributed by atoms with Crippen molar-refractivity contribution >= 4 is 40.8 Å². The van der Waals surface area contributed by atoms with E-state index in [-0.39, 0.29) is 42.4 Å². The first-order chi connectivity index (χ1) is 12.6. The SMILES string of the molecule is C=CCOC(=O)C1=C(CO)CS[C@@H]2[C@H](CC(=O)Cc3cccs3)C(=O)N12. The summed E-state index contributed by atoms with van der Waals surface area (Å²) >= 11 is 2.98. The molecule has 26 heavy (non-hydrogen) atoms. The Bertz CT molecular complexity index is 756. The number of thiophene rings is 1. The molecule has 1 amide bonds. The number of amides is 1. The van der Waals surface area contributed by atoms with Crippen LogP contribution in [0.3, 0.4) is 0 Å². The van der Waals surface area contributed by atoms with Crippen LogP contribution in [0.1, 0.15) is 11.3 Å². The Morgan fingerprint density at radius 1 is 1.46 bits per heavy atom. The number of thioether (sulfide) groups is 1. The molecule has 0 aromatic carbocycles. The average molecular weight is 393 g/mol. The van der Waals surface area contributed by atoms with Crippen LogP contribution in [0, 0.1) is 5.92 Å². The first-order valence-electron chi connectivity index (χ1n) is 8.16. The Morgan fingerprint density at radius 2 is 2.27 bits per heavy atom. The van der Waals surface area contributed by atoms with Crippen LogP contribution in [-0.4, -0.2) is 52.0 Å². The summed E-state index contributed by atoms with van der Waals surface area (Å²) in [4.78, 5) is 39.5. The standard InChI is InChI=1S/C18H19NO5S2/c1-2-5-24-18(23)15-11(9-20)10-26-17-14(16(22)19(15)17)8-12(21)7-13-4-3-6-25-13/h2-4,6,14,17,20H,1,5,7-10H2/t14-,17-/m1/s1. The highest BCUT2D eigenvalue weighted by Gasteiger charge is 2.53. The fourth-order valence-electron chi connectivity index (χ4n) is 3.06. The van der Waals surface area contributed by atoms with Gasteiger partial charge in [0.2, 0.25) is 5.91 Å². The van der Waals surface area contributed by atoms with Crippen molar-refractivity contribution in [3.05, 3.63) is 46.3 Å². The van der Waals surface area contributed by atoms with Crippen molar-refractivity contribution in [1.29, 1.82) is 0 Å². The van der Waals surface area contributed by atoms with E-state index >= 15 is 0 Å². The maximum atomic E-state index is 12.6. The molecule has 2 aliphatic rings. The third-order valence-electron chi connectivity index (χ3n) is 4.27. The molecule has 0 unspecified atom stereocenters. The molecule has 0 aliphatic carbocycles. The molecular weight excluding hydrogens is 374 g/mol. The van der Waals surface area contributed by atoms with Gasteiger partial charge in [0.15, 0.2) is 0 Å². The fraction of sp³-hybridized carbons (Fsp3) is 0.389. The molecule has 3 rings (SSSR count). The number of fused-ring (bicyclic) bond motifs is 1. The fourth-order valence-corrected chi connectivity index (χ4v) is 5.19. The number of nitrogens with zero attached hydrogens (tertiary/aromatic N) is 1. The molecule has 0 spiro atoms. The molecule has 0 radical (unpaired) electrons. The van der Waals surface area contributed by atoms with Crippen LogP contribution in [0.4, 0.5) is 0 Å². The van der Waals surface area contributed by atoms with E-state index in [2.05, 4.69) is 6.58 Å². The van der Waals surface area contributed by atoms with Gasteiger partial charge in [-0.15, -0.1) is 23.1 Å². The van der Waals surface area contributed by atoms with Crippen LogP contribution in [0.25, 0.3) is 0 Å². The number of hydrogen-bond donors (Lipinski definition) is 1. The van der Waals surface area contributed by atoms with Gasteiger partial charge < -0.3 is 9.84 Å². The lowest BCUT2D eigenvalue weighted by Crippen LogP contribution is -2.62. The number of aliphatic hydroxyl groups is 1. The second kappa shape index (κ2) is 8.20. The van der Waals surface area contributed by atoms with Gasteiger partial charge in [-0.05, 0) is 17.0 Å². The highest BCUT2D eigenvalue weighted by Crippen LogP contribution is 2.45. The maximum absolute atomic E-state index is 12.6. The molecule has 138 valence electrons. The third-order valence-corrected chi connectivity index (χ3v) is 6.55. The topological polar surface area (TPSA) is 83.9 Å². The summed E-state index contributed by atoms with van der Waals surface area (Å²) in [6, 6.07) is 3.79. The molecule has 1 aromatic heterocycles. The molecule has 2 atom stereocenters. The van der Waals surface area contributed by atoms with E-state index in [1.54, 1.807) is 0 Å². The van der Waals surface area contributed by atoms with Crippen LogP contribution < -0.4 is 0 Å². The molecule has 2 aliphatic heterocycles. The molecule has 0 saturated carbocycles. The van der Waals surface area contributed by atoms with Crippen molar-refractivity contribution in [2.45, 2.75) is 18.2 Å². The zero-order valence-electron chi connectivity index (χ0n) is 14.1. The molecule has 1 saturated heterocycles. The normalized spacial score (nSPS) is 21.9. The summed E-state index contributed by atoms with van der Waals surface area (Å²) in [7, 11) is 0. The Morgan fingerprint density at radius 3 is 2.92 bits per heavy atom. The van der Waals surface area contributed by atoms with Crippen LogP contribution in [0.5, 0.6) is 0 Å². The Hall–Kier alpha value is -1.90. The number of β-lactam (4-membered cyclic amide) rings is 1. The zero-order valence-corrected chi connectivity index (χ0v) is 15.7. The van der Waals surface area contributed by atoms with Gasteiger partial charge in [0, 0.05) is 23.5 Å². The molecule has 6 nitrogen and oxygen atoms in total. The van der Waals surface area contributed by atoms with Crippen LogP contribution in [-0.2, 0) is 25.5 Å². The largest absolute Gasteiger partial charge is 0.457 e. The van der Waals surface area contributed by atoms with Gasteiger partial charge in [0.25, 0.3) is 0 Å². The van der Waals surface area contributed by atoms with Crippen molar-refractivity contribution in [1.82, 2.24) is 4.90 Å². The highest BCUT2D eigenvalue weighted by molar-refractivity contribution is 8.00. The second-order valence-electron chi connectivity index (χ2n) is 6.01. The lowest BCUT2D eigenvalue weighted by molar-refractivity contribution is -0.155. The number of hydrogen-bond acceptors (Lipinski definition) is 7. The van der Waals surface area contributed by atoms with Crippen molar-refractivity contribution in [3.63, 3.8) is 0 Å². The van der Waals surface area contributed by atoms with Gasteiger partial charge in [-0.2, -0.15) is 0 Å². The number of esters is 1. The molecule has 1 aromatic rings. The molecule has 8 heteroatoms. The average Bonchev–Trinajstić information content (AvgIpc) is 3.15. The minimum atomic E-state index is -0.643. The summed E-state index contributed by atoms with van der Waals surface area (Å²) in [6.07, 6.45) is 1.93. The Labute approximate surface area is 159 Å². The van der Waals surface area contributed by atoms with Gasteiger partial charge in [-0.1, -0.05) is 18.7 Å². The molecule has 3 heterocycles. The summed E-state index contributed by atoms with van der Waals surface area (Å²) in [5.74, 6) is -0.901. The van der Waals surface area contributed by atoms with Gasteiger partial charge in [0.05, 0.1) is 17.9 Å². The van der Waals surface area contributed by atoms with E-state index in [1.165, 1.54) is 34.1 Å². The van der Waals surface area contributed by atoms with E-state index in [0.29, 0.717) is 17.7 Å². The van der Waals surface area contributed by atoms with Gasteiger partial charge in [0.1, 0.15) is 18.1 Å². The smallest absolute Gasteiger partial charge is 0.355 e. The van der Waals surface area contributed by atoms with Gasteiger partial charge in [-0.3, -0.25) is 14.5 Å². The number of ether oxygens (including phenoxy) is 1. The number of Topliss-reactive ketones (excluding diaryl/α,β-unsaturated/α-hetero) is 1. The number of carbonyl (C=O) groups is 3. The van der Waals surface area contributed by atoms with Crippen LogP contribution in [0.15, 0.2) is 41.4 Å². The number of carbonyl (C=O) groups excluding carboxylic acids is 3. The van der Waals surface area contributed by atoms with Crippen LogP contribution >= 0.6 is 23.1 Å². The lowest BCUT2D eigenvalue weighted by atomic mass is 9.89. The van der Waals surface area contributed by atoms with Crippen molar-refractivity contribution < 1.29 is 24.2 Å². The summed E-state index contributed by atoms with van der Waals surface area (Å²) in [5.41, 5.74) is 0.585. The number of aliphatic hydroxyl groups excluding tert-OH is 1. The molecule has 1 N–H and O–H groups in total. The molecule has 1 fully saturated rings. The predicted octanol–water partition coefficient (Wildman–Crippen LogP) is 1.76. The first kappa shape index (κ1) is 18.9. The number of ketones is 1. The van der Waals surface area contributed by atoms with Gasteiger partial charge >= 0.3 is 5.97 Å². The van der Waals surface area contributed by atoms with Crippen molar-refractivity contribution in [3.8, 4) is 0 Å². The third kappa shape index (κ3) is 3.62. The first-order valence-corrected chi connectivity index (χ1v) is 10.1. The minimum Gasteiger partial charge on any atom is -0.457 e. The van der Waals surface area contributed by atoms with Crippen molar-refractivity contribution in [2.75, 3.05) is 19.0 Å². The van der Waals surface area contributed by atoms with E-state index < -0.39 is 11.9 Å². The van der Waals surface area contributed by atoms with E-state index in [4.69, 9.17) is 4.74 Å². The Balaban J connectivity index is 1.69. The molecule has 0 bridgehead atoms. The summed E-state index contributed by atoms with van der Waals surface area (Å²) in [5, 5.41) is 11.2. The monoisotopic (exact) mass is 393 g/mol. The second-order valence-corrected chi connectivity index (χ2v) is 8.15. The lowest BCUT2D eigenvalue weighted by Gasteiger charge is -2.49. The van der Waals surface area contributed by atoms with Crippen LogP contribution in [0.2, 0.25) is 0 Å². The van der Waals surface area contributed by atoms with Gasteiger partial charge in [-0.25, -0.2) is 4.79 Å². The van der Waals surface area contributed by atoms with Crippen molar-refractivity contribution in [2.24, 2.45) is 5.92 Å². The predicted molar refractivity (Wildman–Crippen MR) is 99.5 cm³/mol. The van der Waals surface area contributed by atoms with E-state index in [0.717, 1.165) is 4.88 Å². The summed E-state index contributed by atoms with van der Waals surface area (Å²) < 4.78 is 5.06. The van der Waals surface area contributed by atoms with E-state index in [1.807, 2.05) is 17.5 Å². The Kier molecular flexibility index (Phi) is 5.95. The number of rotatable bonds is 8. The molecular formula is C18H19NO5S2. The van der Waals surface area contributed by atoms with E-state index in [9.17, 15) is 19.5 Å². The maximum Gasteiger partial charge on any atom is 0.355 e. The summed E-state index contributed by atoms with van der Waals surface area (Å²) in [6.45, 7) is 3.21. The zero-order chi connectivity index (χ0) is 18.7. The highest BCUT2D eigenvalue weighted by atomic mass is 32.2. The minimum absolute atomic E-state index is 0.0127.